The number of hydrogen-bond acceptors (Lipinski definition) is 10. The molecule has 0 unspecified atom stereocenters. The van der Waals surface area contributed by atoms with Crippen molar-refractivity contribution < 1.29 is 32.9 Å². The SMILES string of the molecule is CCOC(=O)CSc1ccc(Oc2c(F)cnc(Oc3cc(C(=N)N)ccc3O)c2F)c(C2=NCCN2C)c1. The Morgan fingerprint density at radius 1 is 1.21 bits per heavy atom. The number of aromatic hydroxyl groups is 1. The summed E-state index contributed by atoms with van der Waals surface area (Å²) in [6.07, 6.45) is 0.724. The zero-order valence-corrected chi connectivity index (χ0v) is 21.8. The van der Waals surface area contributed by atoms with Crippen molar-refractivity contribution in [2.75, 3.05) is 32.5 Å². The molecule has 0 spiro atoms. The highest BCUT2D eigenvalue weighted by Crippen LogP contribution is 2.38. The van der Waals surface area contributed by atoms with E-state index >= 15 is 4.39 Å². The number of carbonyl (C=O) groups excluding carboxylic acids is 1. The second-order valence-corrected chi connectivity index (χ2v) is 9.28. The van der Waals surface area contributed by atoms with Crippen LogP contribution in [0.25, 0.3) is 0 Å². The highest BCUT2D eigenvalue weighted by Gasteiger charge is 2.25. The topological polar surface area (TPSA) is 143 Å². The lowest BCUT2D eigenvalue weighted by molar-refractivity contribution is -0.139. The number of amidine groups is 2. The van der Waals surface area contributed by atoms with Crippen molar-refractivity contribution in [1.82, 2.24) is 9.88 Å². The van der Waals surface area contributed by atoms with Crippen LogP contribution in [0.3, 0.4) is 0 Å². The van der Waals surface area contributed by atoms with Gasteiger partial charge in [0.2, 0.25) is 11.6 Å². The zero-order chi connectivity index (χ0) is 28.1. The number of thioether (sulfide) groups is 1. The van der Waals surface area contributed by atoms with Gasteiger partial charge in [-0.25, -0.2) is 9.37 Å². The number of aromatic nitrogens is 1. The number of esters is 1. The lowest BCUT2D eigenvalue weighted by Crippen LogP contribution is -2.24. The molecule has 4 N–H and O–H groups in total. The van der Waals surface area contributed by atoms with Gasteiger partial charge in [0.1, 0.15) is 17.4 Å². The number of rotatable bonds is 10. The van der Waals surface area contributed by atoms with Crippen molar-refractivity contribution in [3.63, 3.8) is 0 Å². The standard InChI is InChI=1S/C26H25F2N5O5S/c1-3-36-21(35)13-39-15-5-7-19(16(11-15)25-31-8-9-33(25)2)37-23-17(27)12-32-26(22(23)28)38-20-10-14(24(29)30)4-6-18(20)34/h4-7,10-12,34H,3,8-9,13H2,1-2H3,(H3,29,30). The van der Waals surface area contributed by atoms with E-state index in [4.69, 9.17) is 25.4 Å². The third-order valence-electron chi connectivity index (χ3n) is 5.50. The summed E-state index contributed by atoms with van der Waals surface area (Å²) in [4.78, 5) is 22.5. The summed E-state index contributed by atoms with van der Waals surface area (Å²) < 4.78 is 46.3. The van der Waals surface area contributed by atoms with Gasteiger partial charge >= 0.3 is 5.97 Å². The predicted octanol–water partition coefficient (Wildman–Crippen LogP) is 4.28. The molecule has 2 aromatic carbocycles. The lowest BCUT2D eigenvalue weighted by Gasteiger charge is -2.19. The molecule has 10 nitrogen and oxygen atoms in total. The van der Waals surface area contributed by atoms with E-state index in [0.29, 0.717) is 29.4 Å². The number of likely N-dealkylation sites (N-methyl/N-ethyl adjacent to an activating group) is 1. The molecule has 4 rings (SSSR count). The van der Waals surface area contributed by atoms with Gasteiger partial charge in [-0.1, -0.05) is 0 Å². The molecule has 0 amide bonds. The maximum absolute atomic E-state index is 15.4. The van der Waals surface area contributed by atoms with Crippen LogP contribution in [0.2, 0.25) is 0 Å². The molecule has 204 valence electrons. The number of nitrogens with two attached hydrogens (primary N) is 1. The zero-order valence-electron chi connectivity index (χ0n) is 21.0. The van der Waals surface area contributed by atoms with Gasteiger partial charge in [0.15, 0.2) is 17.3 Å². The number of nitrogens with zero attached hydrogens (tertiary/aromatic N) is 3. The van der Waals surface area contributed by atoms with Gasteiger partial charge in [-0.05, 0) is 43.3 Å². The summed E-state index contributed by atoms with van der Waals surface area (Å²) in [6.45, 7) is 3.17. The summed E-state index contributed by atoms with van der Waals surface area (Å²) in [5.74, 6) is -4.31. The molecule has 2 heterocycles. The molecule has 0 saturated heterocycles. The first-order chi connectivity index (χ1) is 18.7. The van der Waals surface area contributed by atoms with Gasteiger partial charge in [0, 0.05) is 24.1 Å². The average Bonchev–Trinajstić information content (AvgIpc) is 3.34. The molecule has 0 atom stereocenters. The maximum atomic E-state index is 15.4. The van der Waals surface area contributed by atoms with Crippen molar-refractivity contribution in [3.8, 4) is 28.9 Å². The number of benzene rings is 2. The van der Waals surface area contributed by atoms with Gasteiger partial charge in [0.05, 0.1) is 30.7 Å². The summed E-state index contributed by atoms with van der Waals surface area (Å²) in [6, 6.07) is 8.72. The lowest BCUT2D eigenvalue weighted by atomic mass is 10.1. The van der Waals surface area contributed by atoms with Crippen LogP contribution < -0.4 is 15.2 Å². The van der Waals surface area contributed by atoms with Crippen LogP contribution >= 0.6 is 11.8 Å². The smallest absolute Gasteiger partial charge is 0.316 e. The van der Waals surface area contributed by atoms with E-state index in [9.17, 15) is 14.3 Å². The van der Waals surface area contributed by atoms with Crippen LogP contribution in [0, 0.1) is 17.0 Å². The number of ether oxygens (including phenoxy) is 3. The number of hydrogen-bond donors (Lipinski definition) is 3. The first-order valence-corrected chi connectivity index (χ1v) is 12.7. The van der Waals surface area contributed by atoms with E-state index in [2.05, 4.69) is 9.98 Å². The molecule has 3 aromatic rings. The number of aliphatic imine (C=N–C) groups is 1. The highest BCUT2D eigenvalue weighted by atomic mass is 32.2. The van der Waals surface area contributed by atoms with Crippen molar-refractivity contribution in [1.29, 1.82) is 5.41 Å². The van der Waals surface area contributed by atoms with Crippen molar-refractivity contribution in [2.24, 2.45) is 10.7 Å². The van der Waals surface area contributed by atoms with Gasteiger partial charge in [0.25, 0.3) is 5.88 Å². The van der Waals surface area contributed by atoms with E-state index in [-0.39, 0.29) is 47.0 Å². The summed E-state index contributed by atoms with van der Waals surface area (Å²) in [5.41, 5.74) is 6.15. The second kappa shape index (κ2) is 12.0. The van der Waals surface area contributed by atoms with E-state index in [1.807, 2.05) is 11.9 Å². The quantitative estimate of drug-likeness (QED) is 0.144. The van der Waals surface area contributed by atoms with Crippen molar-refractivity contribution >= 4 is 29.4 Å². The summed E-state index contributed by atoms with van der Waals surface area (Å²) in [7, 11) is 1.83. The highest BCUT2D eigenvalue weighted by molar-refractivity contribution is 8.00. The Hall–Kier alpha value is -4.39. The van der Waals surface area contributed by atoms with Crippen LogP contribution in [0.5, 0.6) is 28.9 Å². The summed E-state index contributed by atoms with van der Waals surface area (Å²) in [5, 5.41) is 17.6. The fourth-order valence-electron chi connectivity index (χ4n) is 3.61. The van der Waals surface area contributed by atoms with Crippen molar-refractivity contribution in [2.45, 2.75) is 11.8 Å². The number of nitrogens with one attached hydrogen (secondary N) is 1. The molecule has 1 aromatic heterocycles. The Balaban J connectivity index is 1.67. The number of phenols is 1. The molecular formula is C26H25F2N5O5S. The Morgan fingerprint density at radius 3 is 2.69 bits per heavy atom. The van der Waals surface area contributed by atoms with E-state index < -0.39 is 23.3 Å². The first-order valence-electron chi connectivity index (χ1n) is 11.7. The number of nitrogen functional groups attached to an aromatic ring is 1. The molecular weight excluding hydrogens is 532 g/mol. The van der Waals surface area contributed by atoms with E-state index in [0.717, 1.165) is 6.20 Å². The van der Waals surface area contributed by atoms with Crippen LogP contribution in [-0.4, -0.2) is 65.1 Å². The molecule has 0 saturated carbocycles. The fraction of sp³-hybridized carbons (Fsp3) is 0.231. The minimum absolute atomic E-state index is 0.0851. The number of carbonyl (C=O) groups is 1. The molecule has 0 aliphatic carbocycles. The van der Waals surface area contributed by atoms with Gasteiger partial charge in [-0.3, -0.25) is 15.2 Å². The molecule has 0 radical (unpaired) electrons. The molecule has 13 heteroatoms. The number of halogens is 2. The maximum Gasteiger partial charge on any atom is 0.316 e. The van der Waals surface area contributed by atoms with Gasteiger partial charge in [-0.2, -0.15) is 4.39 Å². The monoisotopic (exact) mass is 557 g/mol. The molecule has 39 heavy (non-hydrogen) atoms. The van der Waals surface area contributed by atoms with Crippen LogP contribution in [0.4, 0.5) is 8.78 Å². The molecule has 0 bridgehead atoms. The molecule has 1 aliphatic heterocycles. The van der Waals surface area contributed by atoms with Gasteiger partial charge in [-0.15, -0.1) is 11.8 Å². The summed E-state index contributed by atoms with van der Waals surface area (Å²) >= 11 is 1.24. The van der Waals surface area contributed by atoms with Crippen molar-refractivity contribution in [3.05, 3.63) is 65.4 Å². The molecule has 1 aliphatic rings. The van der Waals surface area contributed by atoms with Crippen LogP contribution in [0.15, 0.2) is 52.5 Å². The van der Waals surface area contributed by atoms with E-state index in [1.54, 1.807) is 19.1 Å². The Labute approximate surface area is 226 Å². The normalized spacial score (nSPS) is 12.7. The number of phenolic OH excluding ortho intramolecular Hbond substituents is 1. The predicted molar refractivity (Wildman–Crippen MR) is 141 cm³/mol. The Kier molecular flexibility index (Phi) is 8.49. The van der Waals surface area contributed by atoms with Gasteiger partial charge < -0.3 is 30.0 Å². The molecule has 0 fully saturated rings. The Morgan fingerprint density at radius 2 is 2.00 bits per heavy atom. The third kappa shape index (κ3) is 6.37. The fourth-order valence-corrected chi connectivity index (χ4v) is 4.34. The average molecular weight is 558 g/mol. The van der Waals surface area contributed by atoms with E-state index in [1.165, 1.54) is 36.0 Å². The number of pyridine rings is 1. The largest absolute Gasteiger partial charge is 0.504 e. The second-order valence-electron chi connectivity index (χ2n) is 8.23. The van der Waals surface area contributed by atoms with Crippen LogP contribution in [0.1, 0.15) is 18.1 Å². The Bertz CT molecular complexity index is 1450. The third-order valence-corrected chi connectivity index (χ3v) is 6.47. The minimum atomic E-state index is -1.25. The minimum Gasteiger partial charge on any atom is -0.504 e. The van der Waals surface area contributed by atoms with Crippen LogP contribution in [-0.2, 0) is 9.53 Å². The first kappa shape index (κ1) is 27.6.